The third-order valence-corrected chi connectivity index (χ3v) is 3.49. The van der Waals surface area contributed by atoms with Crippen LogP contribution in [-0.2, 0) is 16.0 Å². The highest BCUT2D eigenvalue weighted by Crippen LogP contribution is 2.15. The van der Waals surface area contributed by atoms with Crippen molar-refractivity contribution in [2.45, 2.75) is 19.4 Å². The molecule has 1 atom stereocenters. The van der Waals surface area contributed by atoms with Crippen LogP contribution in [0.1, 0.15) is 22.8 Å². The van der Waals surface area contributed by atoms with E-state index in [1.165, 1.54) is 0 Å². The Bertz CT molecular complexity index is 685. The third-order valence-electron chi connectivity index (χ3n) is 3.49. The lowest BCUT2D eigenvalue weighted by Crippen LogP contribution is -2.43. The van der Waals surface area contributed by atoms with Crippen LogP contribution in [0.2, 0.25) is 0 Å². The van der Waals surface area contributed by atoms with Gasteiger partial charge >= 0.3 is 5.97 Å². The van der Waals surface area contributed by atoms with Gasteiger partial charge in [-0.15, -0.1) is 0 Å². The van der Waals surface area contributed by atoms with E-state index in [0.717, 1.165) is 5.56 Å². The Morgan fingerprint density at radius 3 is 2.50 bits per heavy atom. The van der Waals surface area contributed by atoms with Crippen LogP contribution in [0.25, 0.3) is 0 Å². The minimum absolute atomic E-state index is 0.259. The molecule has 24 heavy (non-hydrogen) atoms. The zero-order valence-corrected chi connectivity index (χ0v) is 13.8. The first-order valence-corrected chi connectivity index (χ1v) is 7.79. The van der Waals surface area contributed by atoms with Crippen molar-refractivity contribution >= 4 is 11.9 Å². The summed E-state index contributed by atoms with van der Waals surface area (Å²) in [5.41, 5.74) is 1.37. The number of esters is 1. The summed E-state index contributed by atoms with van der Waals surface area (Å²) < 4.78 is 10.3. The molecule has 0 fully saturated rings. The second kappa shape index (κ2) is 8.72. The van der Waals surface area contributed by atoms with Gasteiger partial charge < -0.3 is 14.8 Å². The van der Waals surface area contributed by atoms with E-state index >= 15 is 0 Å². The highest BCUT2D eigenvalue weighted by Gasteiger charge is 2.23. The first kappa shape index (κ1) is 17.5. The fourth-order valence-electron chi connectivity index (χ4n) is 2.30. The monoisotopic (exact) mass is 327 g/mol. The normalized spacial score (nSPS) is 11.4. The quantitative estimate of drug-likeness (QED) is 0.794. The van der Waals surface area contributed by atoms with Crippen molar-refractivity contribution in [2.75, 3.05) is 13.7 Å². The molecular weight excluding hydrogens is 306 g/mol. The van der Waals surface area contributed by atoms with E-state index in [0.29, 0.717) is 17.7 Å². The van der Waals surface area contributed by atoms with Crippen LogP contribution in [0.5, 0.6) is 5.75 Å². The summed E-state index contributed by atoms with van der Waals surface area (Å²) >= 11 is 0. The van der Waals surface area contributed by atoms with Crippen LogP contribution in [0.15, 0.2) is 54.6 Å². The molecule has 5 heteroatoms. The summed E-state index contributed by atoms with van der Waals surface area (Å²) in [6.07, 6.45) is 0.328. The van der Waals surface area contributed by atoms with Crippen LogP contribution in [0.3, 0.4) is 0 Å². The van der Waals surface area contributed by atoms with Crippen molar-refractivity contribution < 1.29 is 19.1 Å². The molecule has 0 aliphatic rings. The molecule has 2 aromatic carbocycles. The molecule has 2 aromatic rings. The number of rotatable bonds is 7. The molecule has 0 radical (unpaired) electrons. The fraction of sp³-hybridized carbons (Fsp3) is 0.263. The van der Waals surface area contributed by atoms with E-state index in [4.69, 9.17) is 9.47 Å². The van der Waals surface area contributed by atoms with Crippen molar-refractivity contribution in [3.63, 3.8) is 0 Å². The number of nitrogens with one attached hydrogen (secondary N) is 1. The van der Waals surface area contributed by atoms with E-state index in [-0.39, 0.29) is 12.5 Å². The van der Waals surface area contributed by atoms with Crippen molar-refractivity contribution in [1.29, 1.82) is 0 Å². The first-order chi connectivity index (χ1) is 11.6. The Balaban J connectivity index is 2.15. The zero-order valence-electron chi connectivity index (χ0n) is 13.8. The smallest absolute Gasteiger partial charge is 0.328 e. The number of hydrogen-bond acceptors (Lipinski definition) is 4. The van der Waals surface area contributed by atoms with Gasteiger partial charge in [-0.1, -0.05) is 30.3 Å². The average molecular weight is 327 g/mol. The summed E-state index contributed by atoms with van der Waals surface area (Å²) in [5.74, 6) is -0.0642. The molecule has 0 saturated carbocycles. The maximum absolute atomic E-state index is 12.3. The summed E-state index contributed by atoms with van der Waals surface area (Å²) in [6.45, 7) is 1.99. The van der Waals surface area contributed by atoms with E-state index in [1.54, 1.807) is 38.3 Å². The Hall–Kier alpha value is -2.82. The molecule has 0 saturated heterocycles. The third kappa shape index (κ3) is 4.84. The molecule has 5 nitrogen and oxygen atoms in total. The lowest BCUT2D eigenvalue weighted by molar-refractivity contribution is -0.145. The predicted octanol–water partition coefficient (Wildman–Crippen LogP) is 2.60. The number of hydrogen-bond donors (Lipinski definition) is 1. The van der Waals surface area contributed by atoms with Crippen molar-refractivity contribution in [3.05, 3.63) is 65.7 Å². The fourth-order valence-corrected chi connectivity index (χ4v) is 2.30. The molecular formula is C19H21NO4. The van der Waals surface area contributed by atoms with Crippen LogP contribution in [0, 0.1) is 0 Å². The molecule has 0 unspecified atom stereocenters. The lowest BCUT2D eigenvalue weighted by atomic mass is 10.0. The second-order valence-electron chi connectivity index (χ2n) is 5.20. The number of benzene rings is 2. The van der Waals surface area contributed by atoms with Gasteiger partial charge in [0.25, 0.3) is 5.91 Å². The van der Waals surface area contributed by atoms with Gasteiger partial charge in [0.2, 0.25) is 0 Å². The van der Waals surface area contributed by atoms with Gasteiger partial charge in [-0.05, 0) is 36.8 Å². The van der Waals surface area contributed by atoms with Gasteiger partial charge in [0.05, 0.1) is 13.7 Å². The SMILES string of the molecule is CCOC(=O)[C@H](Cc1cccc(OC)c1)NC(=O)c1ccccc1. The lowest BCUT2D eigenvalue weighted by Gasteiger charge is -2.18. The topological polar surface area (TPSA) is 64.6 Å². The van der Waals surface area contributed by atoms with Crippen molar-refractivity contribution in [3.8, 4) is 5.75 Å². The summed E-state index contributed by atoms with van der Waals surface area (Å²) in [5, 5.41) is 2.75. The van der Waals surface area contributed by atoms with Crippen LogP contribution < -0.4 is 10.1 Å². The number of ether oxygens (including phenoxy) is 2. The molecule has 1 N–H and O–H groups in total. The van der Waals surface area contributed by atoms with E-state index in [9.17, 15) is 9.59 Å². The van der Waals surface area contributed by atoms with Gasteiger partial charge in [-0.3, -0.25) is 4.79 Å². The second-order valence-corrected chi connectivity index (χ2v) is 5.20. The minimum atomic E-state index is -0.759. The number of carbonyl (C=O) groups is 2. The van der Waals surface area contributed by atoms with Gasteiger partial charge in [0, 0.05) is 12.0 Å². The maximum Gasteiger partial charge on any atom is 0.328 e. The number of methoxy groups -OCH3 is 1. The van der Waals surface area contributed by atoms with Gasteiger partial charge in [0.15, 0.2) is 0 Å². The average Bonchev–Trinajstić information content (AvgIpc) is 2.62. The van der Waals surface area contributed by atoms with Gasteiger partial charge in [0.1, 0.15) is 11.8 Å². The molecule has 0 bridgehead atoms. The standard InChI is InChI=1S/C19H21NO4/c1-3-24-19(22)17(13-14-8-7-11-16(12-14)23-2)20-18(21)15-9-5-4-6-10-15/h4-12,17H,3,13H2,1-2H3,(H,20,21)/t17-/m0/s1. The summed E-state index contributed by atoms with van der Waals surface area (Å²) in [6, 6.07) is 15.4. The van der Waals surface area contributed by atoms with Crippen LogP contribution in [0.4, 0.5) is 0 Å². The Morgan fingerprint density at radius 2 is 1.83 bits per heavy atom. The molecule has 0 aromatic heterocycles. The van der Waals surface area contributed by atoms with E-state index in [2.05, 4.69) is 5.32 Å². The number of carbonyl (C=O) groups excluding carboxylic acids is 2. The van der Waals surface area contributed by atoms with Gasteiger partial charge in [-0.25, -0.2) is 4.79 Å². The molecule has 0 spiro atoms. The Morgan fingerprint density at radius 1 is 1.08 bits per heavy atom. The van der Waals surface area contributed by atoms with Crippen LogP contribution >= 0.6 is 0 Å². The van der Waals surface area contributed by atoms with E-state index < -0.39 is 12.0 Å². The molecule has 0 heterocycles. The predicted molar refractivity (Wildman–Crippen MR) is 91.0 cm³/mol. The number of amides is 1. The summed E-state index contributed by atoms with van der Waals surface area (Å²) in [4.78, 5) is 24.5. The van der Waals surface area contributed by atoms with Crippen LogP contribution in [-0.4, -0.2) is 31.6 Å². The Labute approximate surface area is 141 Å². The highest BCUT2D eigenvalue weighted by molar-refractivity contribution is 5.96. The molecule has 2 rings (SSSR count). The largest absolute Gasteiger partial charge is 0.497 e. The van der Waals surface area contributed by atoms with Gasteiger partial charge in [-0.2, -0.15) is 0 Å². The van der Waals surface area contributed by atoms with E-state index in [1.807, 2.05) is 30.3 Å². The molecule has 0 aliphatic heterocycles. The van der Waals surface area contributed by atoms with Crippen molar-refractivity contribution in [2.24, 2.45) is 0 Å². The van der Waals surface area contributed by atoms with Crippen molar-refractivity contribution in [1.82, 2.24) is 5.32 Å². The highest BCUT2D eigenvalue weighted by atomic mass is 16.5. The molecule has 126 valence electrons. The Kier molecular flexibility index (Phi) is 6.37. The molecule has 0 aliphatic carbocycles. The maximum atomic E-state index is 12.3. The molecule has 1 amide bonds. The zero-order chi connectivity index (χ0) is 17.4. The minimum Gasteiger partial charge on any atom is -0.497 e. The summed E-state index contributed by atoms with van der Waals surface area (Å²) in [7, 11) is 1.58. The first-order valence-electron chi connectivity index (χ1n) is 7.79.